The molecule has 0 aliphatic rings. The summed E-state index contributed by atoms with van der Waals surface area (Å²) in [7, 11) is 3.67. The first-order chi connectivity index (χ1) is 7.16. The fourth-order valence-electron chi connectivity index (χ4n) is 1.47. The molecule has 0 aliphatic carbocycles. The molecular formula is C12H18N2O. The van der Waals surface area contributed by atoms with Crippen LogP contribution in [0.15, 0.2) is 24.3 Å². The highest BCUT2D eigenvalue weighted by Gasteiger charge is 2.11. The number of rotatable bonds is 4. The molecule has 0 spiro atoms. The molecule has 0 atom stereocenters. The second-order valence-corrected chi connectivity index (χ2v) is 3.59. The van der Waals surface area contributed by atoms with E-state index in [2.05, 4.69) is 5.32 Å². The number of benzene rings is 1. The molecule has 1 rings (SSSR count). The number of aryl methyl sites for hydroxylation is 1. The molecule has 0 aliphatic heterocycles. The van der Waals surface area contributed by atoms with Crippen molar-refractivity contribution in [3.8, 4) is 0 Å². The van der Waals surface area contributed by atoms with Gasteiger partial charge in [0.2, 0.25) is 5.91 Å². The largest absolute Gasteiger partial charge is 0.319 e. The highest BCUT2D eigenvalue weighted by Crippen LogP contribution is 2.18. The van der Waals surface area contributed by atoms with Crippen molar-refractivity contribution in [2.45, 2.75) is 13.3 Å². The zero-order valence-corrected chi connectivity index (χ0v) is 9.58. The molecule has 0 heterocycles. The summed E-state index contributed by atoms with van der Waals surface area (Å²) in [5.41, 5.74) is 2.11. The molecule has 15 heavy (non-hydrogen) atoms. The molecule has 1 aromatic rings. The lowest BCUT2D eigenvalue weighted by Gasteiger charge is -2.19. The molecule has 0 unspecified atom stereocenters. The maximum Gasteiger partial charge on any atom is 0.228 e. The van der Waals surface area contributed by atoms with Gasteiger partial charge < -0.3 is 10.2 Å². The van der Waals surface area contributed by atoms with Gasteiger partial charge in [0.25, 0.3) is 0 Å². The number of hydrogen-bond acceptors (Lipinski definition) is 2. The number of nitrogens with zero attached hydrogens (tertiary/aromatic N) is 1. The van der Waals surface area contributed by atoms with Crippen LogP contribution < -0.4 is 10.2 Å². The third-order valence-electron chi connectivity index (χ3n) is 2.44. The molecule has 3 heteroatoms. The average Bonchev–Trinajstić information content (AvgIpc) is 2.25. The van der Waals surface area contributed by atoms with E-state index in [0.29, 0.717) is 6.42 Å². The minimum atomic E-state index is 0.138. The standard InChI is InChI=1S/C12H18N2O/c1-10-6-4-5-7-11(10)14(3)12(15)8-9-13-2/h4-7,13H,8-9H2,1-3H3. The number of para-hydroxylation sites is 1. The van der Waals surface area contributed by atoms with E-state index >= 15 is 0 Å². The van der Waals surface area contributed by atoms with Gasteiger partial charge in [-0.25, -0.2) is 0 Å². The second-order valence-electron chi connectivity index (χ2n) is 3.59. The van der Waals surface area contributed by atoms with Crippen LogP contribution >= 0.6 is 0 Å². The fraction of sp³-hybridized carbons (Fsp3) is 0.417. The van der Waals surface area contributed by atoms with Crippen molar-refractivity contribution in [1.82, 2.24) is 5.32 Å². The van der Waals surface area contributed by atoms with E-state index in [4.69, 9.17) is 0 Å². The summed E-state index contributed by atoms with van der Waals surface area (Å²) in [5.74, 6) is 0.138. The number of carbonyl (C=O) groups excluding carboxylic acids is 1. The van der Waals surface area contributed by atoms with Crippen LogP contribution in [0.2, 0.25) is 0 Å². The monoisotopic (exact) mass is 206 g/mol. The van der Waals surface area contributed by atoms with Gasteiger partial charge in [-0.15, -0.1) is 0 Å². The van der Waals surface area contributed by atoms with Crippen LogP contribution in [0.3, 0.4) is 0 Å². The molecule has 82 valence electrons. The van der Waals surface area contributed by atoms with E-state index in [1.807, 2.05) is 45.3 Å². The van der Waals surface area contributed by atoms with Crippen LogP contribution in [0, 0.1) is 6.92 Å². The van der Waals surface area contributed by atoms with E-state index in [1.54, 1.807) is 4.90 Å². The zero-order chi connectivity index (χ0) is 11.3. The summed E-state index contributed by atoms with van der Waals surface area (Å²) in [6.07, 6.45) is 0.529. The predicted molar refractivity (Wildman–Crippen MR) is 63.1 cm³/mol. The van der Waals surface area contributed by atoms with E-state index in [1.165, 1.54) is 0 Å². The SMILES string of the molecule is CNCCC(=O)N(C)c1ccccc1C. The Hall–Kier alpha value is -1.35. The summed E-state index contributed by atoms with van der Waals surface area (Å²) < 4.78 is 0. The van der Waals surface area contributed by atoms with Crippen molar-refractivity contribution in [1.29, 1.82) is 0 Å². The first-order valence-corrected chi connectivity index (χ1v) is 5.13. The number of hydrogen-bond donors (Lipinski definition) is 1. The lowest BCUT2D eigenvalue weighted by molar-refractivity contribution is -0.118. The van der Waals surface area contributed by atoms with Crippen LogP contribution in [-0.4, -0.2) is 26.5 Å². The van der Waals surface area contributed by atoms with E-state index in [-0.39, 0.29) is 5.91 Å². The van der Waals surface area contributed by atoms with Gasteiger partial charge in [0.05, 0.1) is 0 Å². The minimum Gasteiger partial charge on any atom is -0.319 e. The van der Waals surface area contributed by atoms with Crippen molar-refractivity contribution in [3.05, 3.63) is 29.8 Å². The third kappa shape index (κ3) is 3.06. The smallest absolute Gasteiger partial charge is 0.228 e. The topological polar surface area (TPSA) is 32.3 Å². The van der Waals surface area contributed by atoms with Crippen molar-refractivity contribution < 1.29 is 4.79 Å². The van der Waals surface area contributed by atoms with Crippen LogP contribution in [0.1, 0.15) is 12.0 Å². The van der Waals surface area contributed by atoms with Gasteiger partial charge in [0, 0.05) is 25.7 Å². The molecule has 3 nitrogen and oxygen atoms in total. The molecule has 0 saturated carbocycles. The zero-order valence-electron chi connectivity index (χ0n) is 9.58. The molecule has 1 N–H and O–H groups in total. The molecule has 0 aromatic heterocycles. The molecule has 0 bridgehead atoms. The van der Waals surface area contributed by atoms with Gasteiger partial charge >= 0.3 is 0 Å². The Balaban J connectivity index is 2.72. The van der Waals surface area contributed by atoms with Gasteiger partial charge in [-0.1, -0.05) is 18.2 Å². The molecular weight excluding hydrogens is 188 g/mol. The summed E-state index contributed by atoms with van der Waals surface area (Å²) in [6, 6.07) is 7.90. The lowest BCUT2D eigenvalue weighted by Crippen LogP contribution is -2.29. The Morgan fingerprint density at radius 1 is 1.40 bits per heavy atom. The van der Waals surface area contributed by atoms with Crippen LogP contribution in [0.25, 0.3) is 0 Å². The normalized spacial score (nSPS) is 10.1. The first-order valence-electron chi connectivity index (χ1n) is 5.13. The number of nitrogens with one attached hydrogen (secondary N) is 1. The van der Waals surface area contributed by atoms with Crippen LogP contribution in [-0.2, 0) is 4.79 Å². The Kier molecular flexibility index (Phi) is 4.31. The van der Waals surface area contributed by atoms with E-state index in [9.17, 15) is 4.79 Å². The number of carbonyl (C=O) groups is 1. The van der Waals surface area contributed by atoms with Gasteiger partial charge in [-0.3, -0.25) is 4.79 Å². The summed E-state index contributed by atoms with van der Waals surface area (Å²) >= 11 is 0. The van der Waals surface area contributed by atoms with Crippen LogP contribution in [0.4, 0.5) is 5.69 Å². The second kappa shape index (κ2) is 5.51. The molecule has 0 saturated heterocycles. The Morgan fingerprint density at radius 2 is 2.07 bits per heavy atom. The van der Waals surface area contributed by atoms with Crippen molar-refractivity contribution in [3.63, 3.8) is 0 Å². The molecule has 0 fully saturated rings. The Labute approximate surface area is 91.1 Å². The molecule has 0 radical (unpaired) electrons. The van der Waals surface area contributed by atoms with Gasteiger partial charge in [0.15, 0.2) is 0 Å². The quantitative estimate of drug-likeness (QED) is 0.811. The third-order valence-corrected chi connectivity index (χ3v) is 2.44. The number of amides is 1. The van der Waals surface area contributed by atoms with Crippen molar-refractivity contribution in [2.24, 2.45) is 0 Å². The Morgan fingerprint density at radius 3 is 2.67 bits per heavy atom. The number of anilines is 1. The highest BCUT2D eigenvalue weighted by molar-refractivity contribution is 5.93. The van der Waals surface area contributed by atoms with Crippen molar-refractivity contribution in [2.75, 3.05) is 25.5 Å². The lowest BCUT2D eigenvalue weighted by atomic mass is 10.2. The van der Waals surface area contributed by atoms with Gasteiger partial charge in [-0.2, -0.15) is 0 Å². The highest BCUT2D eigenvalue weighted by atomic mass is 16.2. The van der Waals surface area contributed by atoms with Gasteiger partial charge in [-0.05, 0) is 25.6 Å². The van der Waals surface area contributed by atoms with Crippen LogP contribution in [0.5, 0.6) is 0 Å². The van der Waals surface area contributed by atoms with E-state index in [0.717, 1.165) is 17.8 Å². The minimum absolute atomic E-state index is 0.138. The molecule has 1 aromatic carbocycles. The maximum absolute atomic E-state index is 11.7. The molecule has 1 amide bonds. The maximum atomic E-state index is 11.7. The van der Waals surface area contributed by atoms with E-state index < -0.39 is 0 Å². The predicted octanol–water partition coefficient (Wildman–Crippen LogP) is 1.57. The summed E-state index contributed by atoms with van der Waals surface area (Å²) in [6.45, 7) is 2.73. The average molecular weight is 206 g/mol. The Bertz CT molecular complexity index is 336. The summed E-state index contributed by atoms with van der Waals surface area (Å²) in [4.78, 5) is 13.5. The van der Waals surface area contributed by atoms with Crippen molar-refractivity contribution >= 4 is 11.6 Å². The first kappa shape index (κ1) is 11.7. The van der Waals surface area contributed by atoms with Gasteiger partial charge in [0.1, 0.15) is 0 Å². The summed E-state index contributed by atoms with van der Waals surface area (Å²) in [5, 5.41) is 2.97. The fourth-order valence-corrected chi connectivity index (χ4v) is 1.47.